The van der Waals surface area contributed by atoms with E-state index in [0.29, 0.717) is 61.5 Å². The summed E-state index contributed by atoms with van der Waals surface area (Å²) >= 11 is 0. The molecule has 4 aromatic carbocycles. The zero-order valence-electron chi connectivity index (χ0n) is 37.8. The first-order chi connectivity index (χ1) is 30.5. The molecule has 0 bridgehead atoms. The molecule has 0 spiro atoms. The van der Waals surface area contributed by atoms with Gasteiger partial charge >= 0.3 is 24.1 Å². The third kappa shape index (κ3) is 22.9. The Kier molecular flexibility index (Phi) is 22.8. The molecule has 0 saturated carbocycles. The first-order valence-electron chi connectivity index (χ1n) is 20.6. The second kappa shape index (κ2) is 27.0. The van der Waals surface area contributed by atoms with Crippen LogP contribution in [0.1, 0.15) is 100 Å². The van der Waals surface area contributed by atoms with Crippen LogP contribution in [0.2, 0.25) is 0 Å². The van der Waals surface area contributed by atoms with E-state index < -0.39 is 40.3 Å². The Balaban J connectivity index is 0.000000651. The third-order valence-electron chi connectivity index (χ3n) is 8.35. The van der Waals surface area contributed by atoms with Crippen LogP contribution in [0.5, 0.6) is 11.5 Å². The number of nitro groups is 1. The summed E-state index contributed by atoms with van der Waals surface area (Å²) in [5, 5.41) is 15.9. The van der Waals surface area contributed by atoms with Crippen molar-refractivity contribution in [3.05, 3.63) is 129 Å². The number of non-ortho nitro benzene ring substituents is 1. The molecule has 0 aliphatic carbocycles. The van der Waals surface area contributed by atoms with Crippen molar-refractivity contribution in [1.29, 1.82) is 0 Å². The van der Waals surface area contributed by atoms with Crippen molar-refractivity contribution in [2.24, 2.45) is 16.5 Å². The van der Waals surface area contributed by atoms with Crippen molar-refractivity contribution in [1.82, 2.24) is 10.6 Å². The molecule has 0 radical (unpaired) electrons. The third-order valence-corrected chi connectivity index (χ3v) is 8.35. The van der Waals surface area contributed by atoms with E-state index in [2.05, 4.69) is 15.6 Å². The number of carbonyl (C=O) groups is 6. The van der Waals surface area contributed by atoms with Crippen LogP contribution in [0.3, 0.4) is 0 Å². The fourth-order valence-electron chi connectivity index (χ4n) is 5.44. The van der Waals surface area contributed by atoms with Crippen molar-refractivity contribution in [2.75, 3.05) is 13.1 Å². The van der Waals surface area contributed by atoms with E-state index in [1.54, 1.807) is 114 Å². The zero-order chi connectivity index (χ0) is 48.2. The molecule has 0 atom stereocenters. The Morgan fingerprint density at radius 1 is 0.606 bits per heavy atom. The average Bonchev–Trinajstić information content (AvgIpc) is 3.21. The van der Waals surface area contributed by atoms with Gasteiger partial charge in [-0.05, 0) is 126 Å². The van der Waals surface area contributed by atoms with Crippen molar-refractivity contribution in [3.63, 3.8) is 0 Å². The number of aliphatic imine (C=N–C) groups is 1. The zero-order valence-corrected chi connectivity index (χ0v) is 42.0. The first kappa shape index (κ1) is 55.6. The number of nitrogens with one attached hydrogen (secondary N) is 2. The van der Waals surface area contributed by atoms with Crippen LogP contribution in [0.25, 0.3) is 0 Å². The number of benzene rings is 4. The minimum Gasteiger partial charge on any atom is -0.444 e. The summed E-state index contributed by atoms with van der Waals surface area (Å²) in [6.07, 6.45) is 1.15. The van der Waals surface area contributed by atoms with Gasteiger partial charge in [-0.15, -0.1) is 0 Å². The molecule has 0 saturated heterocycles. The van der Waals surface area contributed by atoms with E-state index in [0.717, 1.165) is 11.1 Å². The van der Waals surface area contributed by atoms with Gasteiger partial charge in [0.1, 0.15) is 34.3 Å². The van der Waals surface area contributed by atoms with Crippen molar-refractivity contribution >= 4 is 53.0 Å². The largest absolute Gasteiger partial charge is 0.444 e. The number of esters is 2. The molecule has 352 valence electrons. The van der Waals surface area contributed by atoms with Gasteiger partial charge in [0.25, 0.3) is 5.69 Å². The first-order valence-corrected chi connectivity index (χ1v) is 20.6. The molecular formula is C47H58N6O12U. The molecule has 0 heterocycles. The molecule has 2 amide bonds. The molecule has 0 aromatic heterocycles. The quantitative estimate of drug-likeness (QED) is 0.0141. The fraction of sp³-hybridized carbons (Fsp3) is 0.340. The van der Waals surface area contributed by atoms with E-state index in [1.165, 1.54) is 24.3 Å². The van der Waals surface area contributed by atoms with Gasteiger partial charge in [0, 0.05) is 83.4 Å². The molecular weight excluding hydrogens is 1080 g/mol. The summed E-state index contributed by atoms with van der Waals surface area (Å²) in [6, 6.07) is 24.7. The molecule has 0 aliphatic heterocycles. The maximum Gasteiger partial charge on any atom is 0.407 e. The van der Waals surface area contributed by atoms with Gasteiger partial charge in [-0.2, -0.15) is 0 Å². The number of nitro benzene ring substituents is 1. The number of hydrogen-bond donors (Lipinski definition) is 4. The van der Waals surface area contributed by atoms with Gasteiger partial charge in [-0.1, -0.05) is 24.3 Å². The number of guanidine groups is 1. The summed E-state index contributed by atoms with van der Waals surface area (Å²) in [4.78, 5) is 85.9. The Morgan fingerprint density at radius 2 is 0.970 bits per heavy atom. The van der Waals surface area contributed by atoms with Crippen LogP contribution < -0.4 is 31.6 Å². The SMILES string of the molecule is CC(C)(C)OC(=O)NCCCC(=O)Cc1ccc(OC(=O)c2ccc(N=C(N)N)cc2)cc1.CC(C)(C)OC(=O)NCCCC(=O)Cc1ccc(OC(=O)c2ccc([N+](=O)[O-])cc2)cc1.[3HH].[U]. The molecule has 6 N–H and O–H groups in total. The number of amides is 2. The second-order valence-electron chi connectivity index (χ2n) is 16.4. The van der Waals surface area contributed by atoms with Crippen molar-refractivity contribution in [2.45, 2.75) is 91.3 Å². The molecule has 4 rings (SSSR count). The van der Waals surface area contributed by atoms with Crippen LogP contribution in [0.15, 0.2) is 102 Å². The van der Waals surface area contributed by atoms with E-state index in [1.807, 2.05) is 0 Å². The number of nitrogens with zero attached hydrogens (tertiary/aromatic N) is 2. The normalized spacial score (nSPS) is 10.6. The van der Waals surface area contributed by atoms with Crippen LogP contribution in [0, 0.1) is 41.2 Å². The number of Topliss-reactive ketones (excluding diaryl/α,β-unsaturated/α-hetero) is 2. The van der Waals surface area contributed by atoms with Crippen LogP contribution in [0.4, 0.5) is 21.0 Å². The Hall–Kier alpha value is -6.58. The number of ketones is 2. The molecule has 66 heavy (non-hydrogen) atoms. The summed E-state index contributed by atoms with van der Waals surface area (Å²) in [6.45, 7) is 11.4. The number of alkyl carbamates (subject to hydrolysis) is 2. The van der Waals surface area contributed by atoms with Crippen molar-refractivity contribution < 1.29 is 85.2 Å². The second-order valence-corrected chi connectivity index (χ2v) is 16.4. The molecule has 4 aromatic rings. The van der Waals surface area contributed by atoms with Gasteiger partial charge < -0.3 is 41.0 Å². The Bertz CT molecular complexity index is 2290. The monoisotopic (exact) mass is 1140 g/mol. The van der Waals surface area contributed by atoms with E-state index in [9.17, 15) is 38.9 Å². The molecule has 18 nitrogen and oxygen atoms in total. The van der Waals surface area contributed by atoms with E-state index >= 15 is 0 Å². The molecule has 0 fully saturated rings. The maximum absolute atomic E-state index is 12.3. The van der Waals surface area contributed by atoms with Gasteiger partial charge in [0.2, 0.25) is 0 Å². The van der Waals surface area contributed by atoms with Gasteiger partial charge in [0.15, 0.2) is 5.96 Å². The summed E-state index contributed by atoms with van der Waals surface area (Å²) in [5.41, 5.74) is 12.1. The smallest absolute Gasteiger partial charge is 0.407 e. The van der Waals surface area contributed by atoms with E-state index in [4.69, 9.17) is 30.4 Å². The van der Waals surface area contributed by atoms with Gasteiger partial charge in [-0.3, -0.25) is 19.7 Å². The predicted molar refractivity (Wildman–Crippen MR) is 244 cm³/mol. The number of carbonyl (C=O) groups excluding carboxylic acids is 6. The van der Waals surface area contributed by atoms with Gasteiger partial charge in [-0.25, -0.2) is 24.2 Å². The minimum atomic E-state index is -0.638. The Morgan fingerprint density at radius 3 is 1.30 bits per heavy atom. The van der Waals surface area contributed by atoms with Crippen LogP contribution in [-0.4, -0.2) is 70.9 Å². The van der Waals surface area contributed by atoms with Crippen molar-refractivity contribution in [3.8, 4) is 11.5 Å². The predicted octanol–water partition coefficient (Wildman–Crippen LogP) is 7.70. The molecule has 0 unspecified atom stereocenters. The van der Waals surface area contributed by atoms with E-state index in [-0.39, 0.29) is 74.2 Å². The summed E-state index contributed by atoms with van der Waals surface area (Å²) in [7, 11) is 0. The number of hydrogen-bond acceptors (Lipinski definition) is 13. The maximum atomic E-state index is 12.3. The molecule has 19 heteroatoms. The Labute approximate surface area is 408 Å². The standard InChI is InChI=1S/C24H30N4O5.C23H26N2O7.U.H2/c1-24(2,3)33-23(31)27-14-4-5-19(29)15-16-6-12-20(13-7-16)32-21(30)17-8-10-18(11-9-17)28-22(25)26;1-23(2,3)32-22(28)24-14-4-5-19(26)15-16-6-12-20(13-7-16)31-21(27)17-8-10-18(11-9-17)25(29)30;;/h6-13H,4-5,14-15H2,1-3H3,(H,27,31)(H4,25,26,28);6-13H,4-5,14-15H2,1-3H3,(H,24,28);;1H/i;;;1+2. The number of rotatable bonds is 18. The van der Waals surface area contributed by atoms with Crippen LogP contribution in [-0.2, 0) is 31.9 Å². The average molecular weight is 1140 g/mol. The van der Waals surface area contributed by atoms with Crippen LogP contribution >= 0.6 is 0 Å². The number of ether oxygens (including phenoxy) is 4. The fourth-order valence-corrected chi connectivity index (χ4v) is 5.44. The molecule has 0 aliphatic rings. The minimum absolute atomic E-state index is 0. The topological polar surface area (TPSA) is 271 Å². The van der Waals surface area contributed by atoms with Gasteiger partial charge in [0.05, 0.1) is 21.7 Å². The summed E-state index contributed by atoms with van der Waals surface area (Å²) < 4.78 is 20.9. The number of nitrogens with two attached hydrogens (primary N) is 2. The summed E-state index contributed by atoms with van der Waals surface area (Å²) in [5.74, 6) is -0.495.